The van der Waals surface area contributed by atoms with E-state index in [1.54, 1.807) is 0 Å². The van der Waals surface area contributed by atoms with Gasteiger partial charge < -0.3 is 0 Å². The summed E-state index contributed by atoms with van der Waals surface area (Å²) in [4.78, 5) is 0. The Morgan fingerprint density at radius 2 is 0.476 bits per heavy atom. The Hall–Kier alpha value is -4.77. The molecule has 2 heterocycles. The predicted octanol–water partition coefficient (Wildman–Crippen LogP) is 5.37. The molecule has 8 rings (SSSR count). The Labute approximate surface area is 249 Å². The van der Waals surface area contributed by atoms with Crippen molar-refractivity contribution in [3.63, 3.8) is 0 Å². The van der Waals surface area contributed by atoms with Crippen LogP contribution in [-0.2, 0) is 0 Å². The van der Waals surface area contributed by atoms with Crippen molar-refractivity contribution >= 4 is 70.6 Å². The van der Waals surface area contributed by atoms with Crippen LogP contribution in [0.1, 0.15) is 22.3 Å². The van der Waals surface area contributed by atoms with Gasteiger partial charge in [0.2, 0.25) is 0 Å². The SMILES string of the molecule is C1=Cc2ccccc2[Si](c2ccccc2)([Si]2(c3ccccc3)c3ccccc3C=Cc3ccccc32)c2ccccc21. The van der Waals surface area contributed by atoms with Gasteiger partial charge in [-0.15, -0.1) is 0 Å². The molecule has 2 aliphatic heterocycles. The number of hydrogen-bond donors (Lipinski definition) is 0. The van der Waals surface area contributed by atoms with E-state index in [-0.39, 0.29) is 0 Å². The molecule has 0 spiro atoms. The highest BCUT2D eigenvalue weighted by Gasteiger charge is 2.64. The second kappa shape index (κ2) is 9.95. The van der Waals surface area contributed by atoms with E-state index in [1.165, 1.54) is 53.4 Å². The fourth-order valence-electron chi connectivity index (χ4n) is 7.82. The third-order valence-corrected chi connectivity index (χ3v) is 26.2. The summed E-state index contributed by atoms with van der Waals surface area (Å²) in [6.45, 7) is 0. The molecule has 0 aliphatic carbocycles. The van der Waals surface area contributed by atoms with Crippen molar-refractivity contribution < 1.29 is 0 Å². The van der Waals surface area contributed by atoms with Gasteiger partial charge in [0.1, 0.15) is 0 Å². The molecule has 42 heavy (non-hydrogen) atoms. The van der Waals surface area contributed by atoms with Crippen LogP contribution >= 0.6 is 0 Å². The number of hydrogen-bond acceptors (Lipinski definition) is 0. The molecule has 0 aromatic heterocycles. The molecular weight excluding hydrogens is 537 g/mol. The van der Waals surface area contributed by atoms with Crippen molar-refractivity contribution in [2.24, 2.45) is 0 Å². The van der Waals surface area contributed by atoms with Gasteiger partial charge in [0.15, 0.2) is 15.2 Å². The van der Waals surface area contributed by atoms with Crippen molar-refractivity contribution in [1.82, 2.24) is 0 Å². The minimum absolute atomic E-state index is 1.33. The Morgan fingerprint density at radius 3 is 0.762 bits per heavy atom. The predicted molar refractivity (Wildman–Crippen MR) is 186 cm³/mol. The van der Waals surface area contributed by atoms with Crippen LogP contribution in [0.15, 0.2) is 158 Å². The Bertz CT molecular complexity index is 1740. The average Bonchev–Trinajstić information content (AvgIpc) is 3.31. The van der Waals surface area contributed by atoms with Crippen LogP contribution in [0.5, 0.6) is 0 Å². The summed E-state index contributed by atoms with van der Waals surface area (Å²) in [6.07, 6.45) is 9.47. The average molecular weight is 567 g/mol. The van der Waals surface area contributed by atoms with E-state index in [1.807, 2.05) is 0 Å². The van der Waals surface area contributed by atoms with E-state index in [0.717, 1.165) is 0 Å². The first-order valence-corrected chi connectivity index (χ1v) is 19.7. The van der Waals surface area contributed by atoms with E-state index in [2.05, 4.69) is 182 Å². The first-order chi connectivity index (χ1) is 20.8. The minimum Gasteiger partial charge on any atom is -0.0624 e. The van der Waals surface area contributed by atoms with E-state index >= 15 is 0 Å². The van der Waals surface area contributed by atoms with Crippen LogP contribution in [0.4, 0.5) is 0 Å². The molecule has 0 N–H and O–H groups in total. The van der Waals surface area contributed by atoms with Gasteiger partial charge >= 0.3 is 0 Å². The summed E-state index contributed by atoms with van der Waals surface area (Å²) in [5.41, 5.74) is 5.33. The van der Waals surface area contributed by atoms with Crippen LogP contribution in [0.2, 0.25) is 0 Å². The summed E-state index contributed by atoms with van der Waals surface area (Å²) in [5.74, 6) is 0. The largest absolute Gasteiger partial charge is 0.156 e. The van der Waals surface area contributed by atoms with E-state index in [9.17, 15) is 0 Å². The Kier molecular flexibility index (Phi) is 5.92. The molecule has 0 fully saturated rings. The maximum Gasteiger partial charge on any atom is 0.156 e. The van der Waals surface area contributed by atoms with E-state index in [4.69, 9.17) is 0 Å². The molecule has 0 atom stereocenters. The van der Waals surface area contributed by atoms with Gasteiger partial charge in [-0.25, -0.2) is 0 Å². The lowest BCUT2D eigenvalue weighted by Gasteiger charge is -2.51. The van der Waals surface area contributed by atoms with Crippen molar-refractivity contribution in [3.05, 3.63) is 180 Å². The van der Waals surface area contributed by atoms with Crippen LogP contribution in [0.3, 0.4) is 0 Å². The smallest absolute Gasteiger partial charge is 0.0624 e. The van der Waals surface area contributed by atoms with Gasteiger partial charge in [0.05, 0.1) is 0 Å². The molecule has 6 aromatic rings. The number of benzene rings is 6. The van der Waals surface area contributed by atoms with Crippen molar-refractivity contribution in [2.75, 3.05) is 0 Å². The zero-order valence-electron chi connectivity index (χ0n) is 23.3. The summed E-state index contributed by atoms with van der Waals surface area (Å²) in [5, 5.41) is 8.93. The molecule has 0 bridgehead atoms. The molecule has 6 aromatic carbocycles. The first kappa shape index (κ1) is 25.0. The zero-order chi connectivity index (χ0) is 28.0. The molecule has 2 aliphatic rings. The summed E-state index contributed by atoms with van der Waals surface area (Å²) in [6, 6.07) is 60.2. The highest BCUT2D eigenvalue weighted by atomic mass is 29.3. The van der Waals surface area contributed by atoms with Crippen LogP contribution in [0.25, 0.3) is 24.3 Å². The third-order valence-electron chi connectivity index (χ3n) is 9.32. The summed E-state index contributed by atoms with van der Waals surface area (Å²) in [7, 11) is -5.88. The van der Waals surface area contributed by atoms with Gasteiger partial charge in [-0.2, -0.15) is 0 Å². The quantitative estimate of drug-likeness (QED) is 0.253. The zero-order valence-corrected chi connectivity index (χ0v) is 25.3. The molecule has 0 saturated heterocycles. The molecule has 0 nitrogen and oxygen atoms in total. The lowest BCUT2D eigenvalue weighted by atomic mass is 10.1. The fourth-order valence-corrected chi connectivity index (χ4v) is 28.5. The molecule has 2 heteroatoms. The highest BCUT2D eigenvalue weighted by Crippen LogP contribution is 2.31. The first-order valence-electron chi connectivity index (χ1n) is 14.7. The van der Waals surface area contributed by atoms with Gasteiger partial charge in [-0.05, 0) is 43.0 Å². The van der Waals surface area contributed by atoms with Gasteiger partial charge in [0.25, 0.3) is 0 Å². The molecular formula is C40H30Si2. The maximum atomic E-state index is 2.46. The highest BCUT2D eigenvalue weighted by molar-refractivity contribution is 7.67. The lowest BCUT2D eigenvalue weighted by Crippen LogP contribution is -2.94. The molecule has 0 amide bonds. The topological polar surface area (TPSA) is 0 Å². The number of fused-ring (bicyclic) bond motifs is 4. The van der Waals surface area contributed by atoms with Gasteiger partial charge in [0, 0.05) is 0 Å². The maximum absolute atomic E-state index is 2.94. The van der Waals surface area contributed by atoms with Crippen LogP contribution < -0.4 is 31.1 Å². The molecule has 0 radical (unpaired) electrons. The molecule has 198 valence electrons. The van der Waals surface area contributed by atoms with Crippen LogP contribution in [0, 0.1) is 0 Å². The van der Waals surface area contributed by atoms with Crippen molar-refractivity contribution in [1.29, 1.82) is 0 Å². The monoisotopic (exact) mass is 566 g/mol. The normalized spacial score (nSPS) is 15.3. The van der Waals surface area contributed by atoms with Crippen molar-refractivity contribution in [3.8, 4) is 0 Å². The Balaban J connectivity index is 1.73. The van der Waals surface area contributed by atoms with Gasteiger partial charge in [-0.3, -0.25) is 0 Å². The van der Waals surface area contributed by atoms with Crippen molar-refractivity contribution in [2.45, 2.75) is 0 Å². The number of rotatable bonds is 3. The van der Waals surface area contributed by atoms with Gasteiger partial charge in [-0.1, -0.05) is 192 Å². The van der Waals surface area contributed by atoms with E-state index in [0.29, 0.717) is 0 Å². The minimum atomic E-state index is -2.94. The Morgan fingerprint density at radius 1 is 0.238 bits per heavy atom. The van der Waals surface area contributed by atoms with Crippen LogP contribution in [-0.4, -0.2) is 15.2 Å². The fraction of sp³-hybridized carbons (Fsp3) is 0. The molecule has 0 unspecified atom stereocenters. The lowest BCUT2D eigenvalue weighted by molar-refractivity contribution is 1.65. The molecule has 0 saturated carbocycles. The summed E-state index contributed by atoms with van der Waals surface area (Å²) < 4.78 is 0. The second-order valence-electron chi connectivity index (χ2n) is 11.2. The summed E-state index contributed by atoms with van der Waals surface area (Å²) >= 11 is 0. The van der Waals surface area contributed by atoms with E-state index < -0.39 is 15.2 Å². The standard InChI is InChI=1S/C40H30Si2/c1-3-19-35(20-4-1)41(37-23-11-7-15-31(37)27-28-32-16-8-12-24-38(32)41)42(36-21-5-2-6-22-36)39-25-13-9-17-33(39)29-30-34-18-10-14-26-40(34)42/h1-30H. The third kappa shape index (κ3) is 3.40. The second-order valence-corrected chi connectivity index (χ2v) is 22.1.